The molecule has 2 aromatic heterocycles. The molecule has 1 fully saturated rings. The van der Waals surface area contributed by atoms with E-state index in [-0.39, 0.29) is 11.4 Å². The van der Waals surface area contributed by atoms with E-state index < -0.39 is 30.2 Å². The molecule has 0 saturated carbocycles. The highest BCUT2D eigenvalue weighted by Gasteiger charge is 2.32. The van der Waals surface area contributed by atoms with Crippen molar-refractivity contribution in [1.29, 1.82) is 0 Å². The second-order valence-electron chi connectivity index (χ2n) is 6.78. The molecule has 0 aliphatic carbocycles. The fraction of sp³-hybridized carbons (Fsp3) is 0.353. The second-order valence-corrected chi connectivity index (χ2v) is 7.74. The van der Waals surface area contributed by atoms with Crippen molar-refractivity contribution in [3.05, 3.63) is 35.4 Å². The first-order valence-electron chi connectivity index (χ1n) is 9.25. The molecular weight excluding hydrogens is 453 g/mol. The smallest absolute Gasteiger partial charge is 0.416 e. The number of hydrogen-bond acceptors (Lipinski definition) is 9. The Morgan fingerprint density at radius 3 is 2.53 bits per heavy atom. The Kier molecular flexibility index (Phi) is 5.73. The number of tetrazole rings is 1. The maximum atomic E-state index is 12.9. The fourth-order valence-electron chi connectivity index (χ4n) is 3.06. The molecule has 1 N–H and O–H groups in total. The van der Waals surface area contributed by atoms with Crippen LogP contribution < -0.4 is 4.90 Å². The number of amides is 1. The van der Waals surface area contributed by atoms with Gasteiger partial charge in [0.05, 0.1) is 5.56 Å². The van der Waals surface area contributed by atoms with Crippen molar-refractivity contribution in [2.24, 2.45) is 0 Å². The Bertz CT molecular complexity index is 1140. The highest BCUT2D eigenvalue weighted by Crippen LogP contribution is 2.30. The molecule has 3 heterocycles. The van der Waals surface area contributed by atoms with Crippen LogP contribution in [0.1, 0.15) is 15.9 Å². The fourth-order valence-corrected chi connectivity index (χ4v) is 3.88. The lowest BCUT2D eigenvalue weighted by Gasteiger charge is -2.34. The Morgan fingerprint density at radius 1 is 1.09 bits per heavy atom. The van der Waals surface area contributed by atoms with Gasteiger partial charge in [-0.1, -0.05) is 17.4 Å². The third kappa shape index (κ3) is 4.66. The zero-order chi connectivity index (χ0) is 22.9. The number of rotatable bonds is 5. The van der Waals surface area contributed by atoms with Crippen LogP contribution in [0.15, 0.2) is 24.3 Å². The summed E-state index contributed by atoms with van der Waals surface area (Å²) in [7, 11) is 0. The van der Waals surface area contributed by atoms with Crippen LogP contribution in [0, 0.1) is 0 Å². The molecule has 15 heteroatoms. The van der Waals surface area contributed by atoms with E-state index >= 15 is 0 Å². The third-order valence-electron chi connectivity index (χ3n) is 4.61. The van der Waals surface area contributed by atoms with Crippen molar-refractivity contribution < 1.29 is 27.9 Å². The molecule has 11 nitrogen and oxygen atoms in total. The standard InChI is InChI=1S/C17H15F3N8O3S/c18-17(19,20)11-3-1-2-10(8-11)15(31)26-4-6-27(7-5-26)16-23-22-14(32-16)13-21-25-28(24-13)9-12(29)30/h1-3,8H,4-7,9H2,(H,29,30). The van der Waals surface area contributed by atoms with Crippen LogP contribution in [-0.4, -0.2) is 78.5 Å². The highest BCUT2D eigenvalue weighted by molar-refractivity contribution is 7.18. The molecular formula is C17H15F3N8O3S. The zero-order valence-corrected chi connectivity index (χ0v) is 17.0. The molecule has 1 saturated heterocycles. The molecule has 0 atom stereocenters. The summed E-state index contributed by atoms with van der Waals surface area (Å²) in [5.74, 6) is -1.43. The molecule has 1 aliphatic heterocycles. The van der Waals surface area contributed by atoms with E-state index in [1.807, 2.05) is 4.90 Å². The molecule has 1 aromatic carbocycles. The van der Waals surface area contributed by atoms with Crippen LogP contribution in [0.2, 0.25) is 0 Å². The molecule has 0 radical (unpaired) electrons. The lowest BCUT2D eigenvalue weighted by Crippen LogP contribution is -2.48. The van der Waals surface area contributed by atoms with E-state index in [2.05, 4.69) is 25.6 Å². The summed E-state index contributed by atoms with van der Waals surface area (Å²) in [4.78, 5) is 27.7. The Balaban J connectivity index is 1.39. The molecule has 0 spiro atoms. The van der Waals surface area contributed by atoms with Gasteiger partial charge < -0.3 is 14.9 Å². The average molecular weight is 468 g/mol. The largest absolute Gasteiger partial charge is 0.480 e. The van der Waals surface area contributed by atoms with Crippen molar-refractivity contribution >= 4 is 28.3 Å². The van der Waals surface area contributed by atoms with Gasteiger partial charge in [-0.2, -0.15) is 18.0 Å². The van der Waals surface area contributed by atoms with Crippen LogP contribution in [-0.2, 0) is 17.5 Å². The normalized spacial score (nSPS) is 14.6. The number of carbonyl (C=O) groups is 2. The van der Waals surface area contributed by atoms with Gasteiger partial charge in [-0.25, -0.2) is 0 Å². The number of aromatic nitrogens is 6. The van der Waals surface area contributed by atoms with Crippen molar-refractivity contribution in [1.82, 2.24) is 35.3 Å². The van der Waals surface area contributed by atoms with E-state index in [0.29, 0.717) is 36.3 Å². The summed E-state index contributed by atoms with van der Waals surface area (Å²) in [6.07, 6.45) is -4.52. The molecule has 168 valence electrons. The van der Waals surface area contributed by atoms with Gasteiger partial charge in [0.1, 0.15) is 0 Å². The van der Waals surface area contributed by atoms with E-state index in [9.17, 15) is 22.8 Å². The zero-order valence-electron chi connectivity index (χ0n) is 16.2. The number of anilines is 1. The summed E-state index contributed by atoms with van der Waals surface area (Å²) in [5, 5.41) is 29.1. The monoisotopic (exact) mass is 468 g/mol. The maximum Gasteiger partial charge on any atom is 0.416 e. The number of hydrogen-bond donors (Lipinski definition) is 1. The number of carbonyl (C=O) groups excluding carboxylic acids is 1. The van der Waals surface area contributed by atoms with Crippen molar-refractivity contribution in [2.75, 3.05) is 31.1 Å². The van der Waals surface area contributed by atoms with Crippen LogP contribution in [0.3, 0.4) is 0 Å². The summed E-state index contributed by atoms with van der Waals surface area (Å²) in [6.45, 7) is 1.01. The van der Waals surface area contributed by atoms with Gasteiger partial charge in [-0.3, -0.25) is 9.59 Å². The molecule has 0 bridgehead atoms. The minimum absolute atomic E-state index is 0.0120. The van der Waals surface area contributed by atoms with E-state index in [1.54, 1.807) is 0 Å². The SMILES string of the molecule is O=C(O)Cn1nnc(-c2nnc(N3CCN(C(=O)c4cccc(C(F)(F)F)c4)CC3)s2)n1. The van der Waals surface area contributed by atoms with Crippen molar-refractivity contribution in [2.45, 2.75) is 12.7 Å². The predicted molar refractivity (Wildman–Crippen MR) is 104 cm³/mol. The summed E-state index contributed by atoms with van der Waals surface area (Å²) in [5.41, 5.74) is -0.876. The van der Waals surface area contributed by atoms with Crippen molar-refractivity contribution in [3.8, 4) is 10.8 Å². The summed E-state index contributed by atoms with van der Waals surface area (Å²) >= 11 is 1.18. The minimum atomic E-state index is -4.52. The molecule has 1 aliphatic rings. The quantitative estimate of drug-likeness (QED) is 0.588. The van der Waals surface area contributed by atoms with E-state index in [1.165, 1.54) is 28.4 Å². The van der Waals surface area contributed by atoms with Crippen LogP contribution in [0.25, 0.3) is 10.8 Å². The molecule has 0 unspecified atom stereocenters. The lowest BCUT2D eigenvalue weighted by atomic mass is 10.1. The molecule has 1 amide bonds. The Morgan fingerprint density at radius 2 is 1.84 bits per heavy atom. The van der Waals surface area contributed by atoms with Crippen LogP contribution in [0.4, 0.5) is 18.3 Å². The van der Waals surface area contributed by atoms with Crippen LogP contribution in [0.5, 0.6) is 0 Å². The number of halogens is 3. The maximum absolute atomic E-state index is 12.9. The first kappa shape index (κ1) is 21.6. The van der Waals surface area contributed by atoms with Gasteiger partial charge >= 0.3 is 12.1 Å². The average Bonchev–Trinajstić information content (AvgIpc) is 3.42. The number of aliphatic carboxylic acids is 1. The number of benzene rings is 1. The number of nitrogens with zero attached hydrogens (tertiary/aromatic N) is 8. The van der Waals surface area contributed by atoms with Gasteiger partial charge in [0, 0.05) is 31.7 Å². The first-order valence-corrected chi connectivity index (χ1v) is 10.1. The number of alkyl halides is 3. The number of carboxylic acid groups (broad SMARTS) is 1. The topological polar surface area (TPSA) is 130 Å². The predicted octanol–water partition coefficient (Wildman–Crippen LogP) is 1.26. The lowest BCUT2D eigenvalue weighted by molar-refractivity contribution is -0.138. The van der Waals surface area contributed by atoms with Gasteiger partial charge in [0.2, 0.25) is 11.0 Å². The van der Waals surface area contributed by atoms with E-state index in [0.717, 1.165) is 16.9 Å². The van der Waals surface area contributed by atoms with Gasteiger partial charge in [-0.05, 0) is 23.4 Å². The van der Waals surface area contributed by atoms with Gasteiger partial charge in [-0.15, -0.1) is 20.4 Å². The van der Waals surface area contributed by atoms with Crippen molar-refractivity contribution in [3.63, 3.8) is 0 Å². The third-order valence-corrected chi connectivity index (χ3v) is 5.59. The van der Waals surface area contributed by atoms with Crippen LogP contribution >= 0.6 is 11.3 Å². The second kappa shape index (κ2) is 8.49. The minimum Gasteiger partial charge on any atom is -0.480 e. The number of carboxylic acids is 1. The first-order chi connectivity index (χ1) is 15.2. The molecule has 3 aromatic rings. The highest BCUT2D eigenvalue weighted by atomic mass is 32.1. The van der Waals surface area contributed by atoms with E-state index in [4.69, 9.17) is 5.11 Å². The molecule has 32 heavy (non-hydrogen) atoms. The number of piperazine rings is 1. The molecule has 4 rings (SSSR count). The van der Waals surface area contributed by atoms with Gasteiger partial charge in [0.25, 0.3) is 5.91 Å². The Hall–Kier alpha value is -3.62. The Labute approximate surface area is 182 Å². The summed E-state index contributed by atoms with van der Waals surface area (Å²) in [6, 6.07) is 4.37. The van der Waals surface area contributed by atoms with Gasteiger partial charge in [0.15, 0.2) is 11.6 Å². The summed E-state index contributed by atoms with van der Waals surface area (Å²) < 4.78 is 38.7.